The zero-order valence-corrected chi connectivity index (χ0v) is 17.0. The minimum absolute atomic E-state index is 0.252. The molecule has 4 aromatic rings. The van der Waals surface area contributed by atoms with Gasteiger partial charge in [0.15, 0.2) is 5.75 Å². The number of nitrogens with zero attached hydrogens (tertiary/aromatic N) is 2. The first kappa shape index (κ1) is 19.1. The van der Waals surface area contributed by atoms with Gasteiger partial charge in [0, 0.05) is 6.20 Å². The van der Waals surface area contributed by atoms with Crippen molar-refractivity contribution in [1.29, 1.82) is 0 Å². The molecule has 0 radical (unpaired) electrons. The normalized spacial score (nSPS) is 10.6. The van der Waals surface area contributed by atoms with E-state index in [4.69, 9.17) is 16.3 Å². The molecule has 0 atom stereocenters. The maximum atomic E-state index is 12.9. The molecular formula is C22H16ClN3O2S. The topological polar surface area (TPSA) is 64.1 Å². The van der Waals surface area contributed by atoms with Gasteiger partial charge in [-0.2, -0.15) is 0 Å². The number of carbonyl (C=O) groups is 1. The van der Waals surface area contributed by atoms with E-state index in [1.807, 2.05) is 49.4 Å². The van der Waals surface area contributed by atoms with Crippen LogP contribution in [0.2, 0.25) is 5.02 Å². The third kappa shape index (κ3) is 4.29. The van der Waals surface area contributed by atoms with E-state index < -0.39 is 0 Å². The third-order valence-corrected chi connectivity index (χ3v) is 5.57. The monoisotopic (exact) mass is 421 g/mol. The van der Waals surface area contributed by atoms with Crippen molar-refractivity contribution < 1.29 is 9.53 Å². The lowest BCUT2D eigenvalue weighted by atomic mass is 10.2. The van der Waals surface area contributed by atoms with Crippen LogP contribution < -0.4 is 10.1 Å². The standard InChI is InChI=1S/C22H16ClN3O2S/c1-14-20(29-22(25-14)17-10-6-7-13-24-17)21(27)26-16-9-3-5-12-19(16)28-18-11-4-2-8-15(18)23/h2-13H,1H3,(H,26,27). The zero-order chi connectivity index (χ0) is 20.2. The summed E-state index contributed by atoms with van der Waals surface area (Å²) in [5, 5.41) is 4.11. The van der Waals surface area contributed by atoms with Gasteiger partial charge in [-0.25, -0.2) is 4.98 Å². The van der Waals surface area contributed by atoms with Crippen molar-refractivity contribution in [3.63, 3.8) is 0 Å². The quantitative estimate of drug-likeness (QED) is 0.416. The Labute approximate surface area is 177 Å². The van der Waals surface area contributed by atoms with Gasteiger partial charge in [0.1, 0.15) is 15.6 Å². The zero-order valence-electron chi connectivity index (χ0n) is 15.4. The molecule has 0 aliphatic heterocycles. The molecule has 0 saturated carbocycles. The first-order valence-corrected chi connectivity index (χ1v) is 10.0. The Bertz CT molecular complexity index is 1160. The molecule has 7 heteroatoms. The van der Waals surface area contributed by atoms with Crippen LogP contribution in [0.15, 0.2) is 72.9 Å². The fourth-order valence-corrected chi connectivity index (χ4v) is 3.80. The van der Waals surface area contributed by atoms with Crippen LogP contribution in [0.5, 0.6) is 11.5 Å². The summed E-state index contributed by atoms with van der Waals surface area (Å²) in [6, 6.07) is 20.0. The van der Waals surface area contributed by atoms with Crippen molar-refractivity contribution in [3.8, 4) is 22.2 Å². The maximum Gasteiger partial charge on any atom is 0.267 e. The van der Waals surface area contributed by atoms with Gasteiger partial charge in [-0.3, -0.25) is 9.78 Å². The van der Waals surface area contributed by atoms with E-state index in [0.29, 0.717) is 37.8 Å². The first-order chi connectivity index (χ1) is 14.1. The summed E-state index contributed by atoms with van der Waals surface area (Å²) in [5.74, 6) is 0.765. The number of halogens is 1. The predicted octanol–water partition coefficient (Wildman–Crippen LogP) is 6.21. The number of rotatable bonds is 5. The number of anilines is 1. The molecule has 0 fully saturated rings. The van der Waals surface area contributed by atoms with E-state index >= 15 is 0 Å². The summed E-state index contributed by atoms with van der Waals surface area (Å²) in [6.45, 7) is 1.81. The fraction of sp³-hybridized carbons (Fsp3) is 0.0455. The highest BCUT2D eigenvalue weighted by molar-refractivity contribution is 7.17. The molecule has 2 aromatic carbocycles. The average Bonchev–Trinajstić information content (AvgIpc) is 3.13. The number of benzene rings is 2. The highest BCUT2D eigenvalue weighted by Crippen LogP contribution is 2.34. The molecule has 4 rings (SSSR count). The lowest BCUT2D eigenvalue weighted by Crippen LogP contribution is -2.12. The number of nitrogens with one attached hydrogen (secondary N) is 1. The second-order valence-corrected chi connectivity index (χ2v) is 7.54. The summed E-state index contributed by atoms with van der Waals surface area (Å²) in [6.07, 6.45) is 1.70. The summed E-state index contributed by atoms with van der Waals surface area (Å²) < 4.78 is 5.91. The van der Waals surface area contributed by atoms with E-state index in [1.165, 1.54) is 11.3 Å². The van der Waals surface area contributed by atoms with Gasteiger partial charge in [-0.1, -0.05) is 41.9 Å². The molecule has 0 unspecified atom stereocenters. The molecule has 2 heterocycles. The largest absolute Gasteiger partial charge is 0.454 e. The molecule has 0 saturated heterocycles. The van der Waals surface area contributed by atoms with Crippen LogP contribution in [0.25, 0.3) is 10.7 Å². The lowest BCUT2D eigenvalue weighted by molar-refractivity contribution is 0.102. The van der Waals surface area contributed by atoms with Crippen molar-refractivity contribution >= 4 is 34.5 Å². The summed E-state index contributed by atoms with van der Waals surface area (Å²) in [4.78, 5) is 22.2. The van der Waals surface area contributed by atoms with Crippen molar-refractivity contribution in [2.75, 3.05) is 5.32 Å². The van der Waals surface area contributed by atoms with E-state index in [9.17, 15) is 4.79 Å². The smallest absolute Gasteiger partial charge is 0.267 e. The minimum atomic E-state index is -0.252. The van der Waals surface area contributed by atoms with Gasteiger partial charge < -0.3 is 10.1 Å². The lowest BCUT2D eigenvalue weighted by Gasteiger charge is -2.12. The van der Waals surface area contributed by atoms with Gasteiger partial charge in [-0.15, -0.1) is 11.3 Å². The number of hydrogen-bond acceptors (Lipinski definition) is 5. The van der Waals surface area contributed by atoms with Crippen LogP contribution in [-0.4, -0.2) is 15.9 Å². The second-order valence-electron chi connectivity index (χ2n) is 6.13. The van der Waals surface area contributed by atoms with Crippen LogP contribution in [0.4, 0.5) is 5.69 Å². The number of aryl methyl sites for hydroxylation is 1. The van der Waals surface area contributed by atoms with Crippen LogP contribution in [0.3, 0.4) is 0 Å². The Morgan fingerprint density at radius 2 is 1.72 bits per heavy atom. The number of carbonyl (C=O) groups excluding carboxylic acids is 1. The molecule has 1 N–H and O–H groups in total. The van der Waals surface area contributed by atoms with Crippen LogP contribution in [0.1, 0.15) is 15.4 Å². The Balaban J connectivity index is 1.58. The number of ether oxygens (including phenoxy) is 1. The van der Waals surface area contributed by atoms with E-state index in [1.54, 1.807) is 30.5 Å². The Morgan fingerprint density at radius 1 is 1.00 bits per heavy atom. The molecule has 5 nitrogen and oxygen atoms in total. The van der Waals surface area contributed by atoms with Crippen molar-refractivity contribution in [2.24, 2.45) is 0 Å². The Morgan fingerprint density at radius 3 is 2.48 bits per heavy atom. The van der Waals surface area contributed by atoms with Crippen LogP contribution in [0, 0.1) is 6.92 Å². The molecule has 1 amide bonds. The minimum Gasteiger partial charge on any atom is -0.454 e. The summed E-state index contributed by atoms with van der Waals surface area (Å²) in [5.41, 5.74) is 1.93. The van der Waals surface area contributed by atoms with Crippen molar-refractivity contribution in [3.05, 3.63) is 88.5 Å². The van der Waals surface area contributed by atoms with E-state index in [0.717, 1.165) is 5.69 Å². The summed E-state index contributed by atoms with van der Waals surface area (Å²) >= 11 is 7.49. The Kier molecular flexibility index (Phi) is 5.55. The first-order valence-electron chi connectivity index (χ1n) is 8.83. The number of aromatic nitrogens is 2. The van der Waals surface area contributed by atoms with Crippen LogP contribution in [-0.2, 0) is 0 Å². The third-order valence-electron chi connectivity index (χ3n) is 4.08. The molecule has 2 aromatic heterocycles. The second kappa shape index (κ2) is 8.43. The molecule has 0 aliphatic carbocycles. The van der Waals surface area contributed by atoms with Gasteiger partial charge in [0.05, 0.1) is 22.1 Å². The molecular weight excluding hydrogens is 406 g/mol. The van der Waals surface area contributed by atoms with Gasteiger partial charge >= 0.3 is 0 Å². The SMILES string of the molecule is Cc1nc(-c2ccccn2)sc1C(=O)Nc1ccccc1Oc1ccccc1Cl. The number of thiazole rings is 1. The molecule has 0 aliphatic rings. The molecule has 0 spiro atoms. The van der Waals surface area contributed by atoms with E-state index in [-0.39, 0.29) is 5.91 Å². The number of hydrogen-bond donors (Lipinski definition) is 1. The summed E-state index contributed by atoms with van der Waals surface area (Å²) in [7, 11) is 0. The highest BCUT2D eigenvalue weighted by Gasteiger charge is 2.18. The highest BCUT2D eigenvalue weighted by atomic mass is 35.5. The molecule has 144 valence electrons. The molecule has 0 bridgehead atoms. The fourth-order valence-electron chi connectivity index (χ4n) is 2.69. The number of pyridine rings is 1. The van der Waals surface area contributed by atoms with Gasteiger partial charge in [-0.05, 0) is 43.3 Å². The van der Waals surface area contributed by atoms with Crippen molar-refractivity contribution in [1.82, 2.24) is 9.97 Å². The number of para-hydroxylation sites is 3. The van der Waals surface area contributed by atoms with E-state index in [2.05, 4.69) is 15.3 Å². The average molecular weight is 422 g/mol. The van der Waals surface area contributed by atoms with Crippen LogP contribution >= 0.6 is 22.9 Å². The van der Waals surface area contributed by atoms with Crippen molar-refractivity contribution in [2.45, 2.75) is 6.92 Å². The number of amides is 1. The van der Waals surface area contributed by atoms with Gasteiger partial charge in [0.25, 0.3) is 5.91 Å². The van der Waals surface area contributed by atoms with Gasteiger partial charge in [0.2, 0.25) is 0 Å². The molecule has 29 heavy (non-hydrogen) atoms. The maximum absolute atomic E-state index is 12.9. The predicted molar refractivity (Wildman–Crippen MR) is 116 cm³/mol. The Hall–Kier alpha value is -3.22.